The molecule has 7 nitrogen and oxygen atoms in total. The van der Waals surface area contributed by atoms with Gasteiger partial charge in [0.1, 0.15) is 5.82 Å². The van der Waals surface area contributed by atoms with E-state index >= 15 is 0 Å². The molecule has 0 amide bonds. The molecule has 130 valence electrons. The third-order valence-electron chi connectivity index (χ3n) is 4.61. The van der Waals surface area contributed by atoms with Crippen LogP contribution in [-0.2, 0) is 0 Å². The van der Waals surface area contributed by atoms with Crippen LogP contribution in [-0.4, -0.2) is 31.1 Å². The molecule has 0 fully saturated rings. The Balaban J connectivity index is 1.62. The Morgan fingerprint density at radius 2 is 1.92 bits per heavy atom. The van der Waals surface area contributed by atoms with Gasteiger partial charge in [0.2, 0.25) is 6.79 Å². The molecule has 1 aliphatic heterocycles. The van der Waals surface area contributed by atoms with Gasteiger partial charge in [0, 0.05) is 6.07 Å². The van der Waals surface area contributed by atoms with E-state index in [4.69, 9.17) is 9.47 Å². The number of ether oxygens (including phenoxy) is 2. The molecule has 2 aromatic carbocycles. The van der Waals surface area contributed by atoms with Crippen LogP contribution in [0.15, 0.2) is 48.8 Å². The first-order valence-electron chi connectivity index (χ1n) is 8.46. The first kappa shape index (κ1) is 14.9. The third kappa shape index (κ3) is 2.24. The minimum Gasteiger partial charge on any atom is -0.454 e. The molecule has 1 atom stereocenters. The zero-order valence-corrected chi connectivity index (χ0v) is 14.5. The van der Waals surface area contributed by atoms with Gasteiger partial charge in [0.15, 0.2) is 17.3 Å². The van der Waals surface area contributed by atoms with E-state index in [1.807, 2.05) is 54.3 Å². The van der Waals surface area contributed by atoms with Gasteiger partial charge in [-0.05, 0) is 38.1 Å². The van der Waals surface area contributed by atoms with Crippen molar-refractivity contribution in [2.24, 2.45) is 0 Å². The Hall–Kier alpha value is -3.35. The highest BCUT2D eigenvalue weighted by atomic mass is 16.7. The number of rotatable bonds is 3. The Morgan fingerprint density at radius 1 is 1.08 bits per heavy atom. The summed E-state index contributed by atoms with van der Waals surface area (Å²) in [6, 6.07) is 13.8. The van der Waals surface area contributed by atoms with E-state index in [-0.39, 0.29) is 12.8 Å². The second-order valence-electron chi connectivity index (χ2n) is 6.28. The van der Waals surface area contributed by atoms with Crippen molar-refractivity contribution in [3.05, 3.63) is 60.4 Å². The molecular formula is C19H17N5O2. The number of para-hydroxylation sites is 2. The maximum atomic E-state index is 5.50. The van der Waals surface area contributed by atoms with Crippen LogP contribution in [0.3, 0.4) is 0 Å². The lowest BCUT2D eigenvalue weighted by Crippen LogP contribution is -2.13. The van der Waals surface area contributed by atoms with Gasteiger partial charge in [-0.3, -0.25) is 0 Å². The summed E-state index contributed by atoms with van der Waals surface area (Å²) in [5.74, 6) is 3.03. The average molecular weight is 347 g/mol. The lowest BCUT2D eigenvalue weighted by Gasteiger charge is -2.15. The smallest absolute Gasteiger partial charge is 0.231 e. The molecule has 4 aromatic rings. The summed E-state index contributed by atoms with van der Waals surface area (Å²) in [5, 5.41) is 4.59. The predicted octanol–water partition coefficient (Wildman–Crippen LogP) is 3.26. The lowest BCUT2D eigenvalue weighted by atomic mass is 10.2. The van der Waals surface area contributed by atoms with Crippen LogP contribution < -0.4 is 9.47 Å². The number of benzene rings is 2. The lowest BCUT2D eigenvalue weighted by molar-refractivity contribution is 0.174. The minimum atomic E-state index is -0.0333. The molecule has 0 spiro atoms. The summed E-state index contributed by atoms with van der Waals surface area (Å²) in [7, 11) is 0. The summed E-state index contributed by atoms with van der Waals surface area (Å²) in [6.07, 6.45) is 1.85. The first-order valence-corrected chi connectivity index (χ1v) is 8.46. The number of aromatic nitrogens is 5. The second kappa shape index (κ2) is 5.59. The number of aryl methyl sites for hydroxylation is 1. The molecule has 7 heteroatoms. The second-order valence-corrected chi connectivity index (χ2v) is 6.28. The zero-order chi connectivity index (χ0) is 17.7. The Labute approximate surface area is 149 Å². The van der Waals surface area contributed by atoms with Gasteiger partial charge in [-0.25, -0.2) is 14.6 Å². The summed E-state index contributed by atoms with van der Waals surface area (Å²) >= 11 is 0. The maximum absolute atomic E-state index is 5.50. The molecule has 0 aliphatic carbocycles. The van der Waals surface area contributed by atoms with Gasteiger partial charge in [-0.1, -0.05) is 12.1 Å². The van der Waals surface area contributed by atoms with E-state index in [9.17, 15) is 0 Å². The van der Waals surface area contributed by atoms with Gasteiger partial charge in [-0.15, -0.1) is 0 Å². The highest BCUT2D eigenvalue weighted by molar-refractivity contribution is 5.75. The van der Waals surface area contributed by atoms with E-state index in [0.717, 1.165) is 34.0 Å². The van der Waals surface area contributed by atoms with Gasteiger partial charge in [0.05, 0.1) is 29.1 Å². The molecule has 3 heterocycles. The quantitative estimate of drug-likeness (QED) is 0.569. The Bertz CT molecular complexity index is 1110. The van der Waals surface area contributed by atoms with Crippen molar-refractivity contribution in [2.75, 3.05) is 6.79 Å². The van der Waals surface area contributed by atoms with Gasteiger partial charge in [0.25, 0.3) is 0 Å². The van der Waals surface area contributed by atoms with E-state index in [2.05, 4.69) is 32.6 Å². The maximum Gasteiger partial charge on any atom is 0.231 e. The predicted molar refractivity (Wildman–Crippen MR) is 95.8 cm³/mol. The Morgan fingerprint density at radius 3 is 2.85 bits per heavy atom. The van der Waals surface area contributed by atoms with E-state index in [1.165, 1.54) is 0 Å². The molecule has 0 radical (unpaired) electrons. The number of fused-ring (bicyclic) bond motifs is 2. The van der Waals surface area contributed by atoms with Crippen molar-refractivity contribution < 1.29 is 9.47 Å². The molecule has 26 heavy (non-hydrogen) atoms. The van der Waals surface area contributed by atoms with Crippen molar-refractivity contribution in [3.63, 3.8) is 0 Å². The van der Waals surface area contributed by atoms with Crippen LogP contribution in [0.2, 0.25) is 0 Å². The van der Waals surface area contributed by atoms with Crippen molar-refractivity contribution in [1.82, 2.24) is 24.3 Å². The highest BCUT2D eigenvalue weighted by Crippen LogP contribution is 2.34. The van der Waals surface area contributed by atoms with Crippen LogP contribution in [0, 0.1) is 6.92 Å². The largest absolute Gasteiger partial charge is 0.454 e. The van der Waals surface area contributed by atoms with Crippen molar-refractivity contribution >= 4 is 11.0 Å². The van der Waals surface area contributed by atoms with E-state index in [0.29, 0.717) is 5.82 Å². The van der Waals surface area contributed by atoms with E-state index < -0.39 is 0 Å². The first-order chi connectivity index (χ1) is 12.7. The number of imidazole rings is 1. The number of hydrogen-bond donors (Lipinski definition) is 0. The molecule has 1 aliphatic rings. The van der Waals surface area contributed by atoms with Crippen LogP contribution in [0.25, 0.3) is 16.7 Å². The normalized spacial score (nSPS) is 14.1. The van der Waals surface area contributed by atoms with Gasteiger partial charge < -0.3 is 14.0 Å². The van der Waals surface area contributed by atoms with Crippen LogP contribution in [0.1, 0.15) is 24.6 Å². The molecule has 2 aromatic heterocycles. The third-order valence-corrected chi connectivity index (χ3v) is 4.61. The van der Waals surface area contributed by atoms with Crippen molar-refractivity contribution in [2.45, 2.75) is 19.9 Å². The van der Waals surface area contributed by atoms with Crippen LogP contribution in [0.5, 0.6) is 11.5 Å². The molecule has 0 bridgehead atoms. The van der Waals surface area contributed by atoms with Crippen molar-refractivity contribution in [1.29, 1.82) is 0 Å². The zero-order valence-electron chi connectivity index (χ0n) is 14.5. The fraction of sp³-hybridized carbons (Fsp3) is 0.211. The number of hydrogen-bond acceptors (Lipinski definition) is 5. The summed E-state index contributed by atoms with van der Waals surface area (Å²) in [5.41, 5.74) is 2.92. The number of nitrogens with zero attached hydrogens (tertiary/aromatic N) is 5. The molecule has 0 unspecified atom stereocenters. The average Bonchev–Trinajstić information content (AvgIpc) is 3.38. The monoisotopic (exact) mass is 347 g/mol. The molecule has 0 saturated carbocycles. The topological polar surface area (TPSA) is 67.0 Å². The van der Waals surface area contributed by atoms with E-state index in [1.54, 1.807) is 0 Å². The molecular weight excluding hydrogens is 330 g/mol. The van der Waals surface area contributed by atoms with Crippen LogP contribution in [0.4, 0.5) is 0 Å². The summed E-state index contributed by atoms with van der Waals surface area (Å²) < 4.78 is 14.9. The van der Waals surface area contributed by atoms with Gasteiger partial charge in [-0.2, -0.15) is 5.10 Å². The highest BCUT2D eigenvalue weighted by Gasteiger charge is 2.21. The fourth-order valence-electron chi connectivity index (χ4n) is 3.32. The standard InChI is InChI=1S/C19H17N5O2/c1-12(23-10-20-15-5-3-4-6-16(15)23)19-21-13(2)22-24(19)14-7-8-17-18(9-14)26-11-25-17/h3-10,12H,11H2,1-2H3/t12-/m0/s1. The van der Waals surface area contributed by atoms with Crippen LogP contribution >= 0.6 is 0 Å². The molecule has 5 rings (SSSR count). The summed E-state index contributed by atoms with van der Waals surface area (Å²) in [6.45, 7) is 4.24. The Kier molecular flexibility index (Phi) is 3.21. The minimum absolute atomic E-state index is 0.0333. The molecule has 0 N–H and O–H groups in total. The summed E-state index contributed by atoms with van der Waals surface area (Å²) in [4.78, 5) is 9.17. The van der Waals surface area contributed by atoms with Gasteiger partial charge >= 0.3 is 0 Å². The SMILES string of the molecule is Cc1nc([C@H](C)n2cnc3ccccc32)n(-c2ccc3c(c2)OCO3)n1. The van der Waals surface area contributed by atoms with Crippen molar-refractivity contribution in [3.8, 4) is 17.2 Å². The fourth-order valence-corrected chi connectivity index (χ4v) is 3.32. The molecule has 0 saturated heterocycles.